The van der Waals surface area contributed by atoms with E-state index >= 15 is 0 Å². The number of anilines is 1. The van der Waals surface area contributed by atoms with Crippen LogP contribution in [0.4, 0.5) is 14.7 Å². The van der Waals surface area contributed by atoms with E-state index in [0.717, 1.165) is 12.0 Å². The van der Waals surface area contributed by atoms with E-state index in [1.54, 1.807) is 12.3 Å². The van der Waals surface area contributed by atoms with E-state index in [0.29, 0.717) is 25.1 Å². The molecule has 0 fully saturated rings. The van der Waals surface area contributed by atoms with Gasteiger partial charge in [-0.2, -0.15) is 0 Å². The molecule has 1 N–H and O–H groups in total. The van der Waals surface area contributed by atoms with Crippen LogP contribution in [-0.4, -0.2) is 16.1 Å². The third kappa shape index (κ3) is 3.64. The summed E-state index contributed by atoms with van der Waals surface area (Å²) in [7, 11) is 0. The van der Waals surface area contributed by atoms with E-state index in [1.807, 2.05) is 10.8 Å². The van der Waals surface area contributed by atoms with Crippen molar-refractivity contribution in [3.05, 3.63) is 60.4 Å². The number of hydrogen-bond donors (Lipinski definition) is 1. The highest BCUT2D eigenvalue weighted by atomic mass is 19.1. The Balaban J connectivity index is 2.02. The lowest BCUT2D eigenvalue weighted by molar-refractivity contribution is 0.576. The monoisotopic (exact) mass is 263 g/mol. The Morgan fingerprint density at radius 2 is 2.00 bits per heavy atom. The van der Waals surface area contributed by atoms with Gasteiger partial charge in [0, 0.05) is 31.5 Å². The largest absolute Gasteiger partial charge is 0.352 e. The predicted octanol–water partition coefficient (Wildman–Crippen LogP) is 3.00. The van der Waals surface area contributed by atoms with E-state index in [1.165, 1.54) is 12.1 Å². The Hall–Kier alpha value is -2.17. The zero-order chi connectivity index (χ0) is 13.7. The van der Waals surface area contributed by atoms with E-state index in [2.05, 4.69) is 16.9 Å². The normalized spacial score (nSPS) is 10.4. The summed E-state index contributed by atoms with van der Waals surface area (Å²) in [4.78, 5) is 4.16. The standard InChI is InChI=1S/C14H15F2N3/c1-2-4-17-14-18-5-7-19(14)6-3-11-8-12(15)10-13(16)9-11/h2,5,7-10H,1,3-4,6H2,(H,17,18). The minimum absolute atomic E-state index is 0.536. The second-order valence-corrected chi connectivity index (χ2v) is 4.14. The Kier molecular flexibility index (Phi) is 4.28. The number of aromatic nitrogens is 2. The summed E-state index contributed by atoms with van der Waals surface area (Å²) in [5.41, 5.74) is 0.626. The third-order valence-electron chi connectivity index (χ3n) is 2.68. The molecule has 0 aliphatic rings. The molecule has 0 bridgehead atoms. The molecule has 19 heavy (non-hydrogen) atoms. The summed E-state index contributed by atoms with van der Waals surface area (Å²) in [5, 5.41) is 3.09. The number of halogens is 2. The first kappa shape index (κ1) is 13.3. The first-order chi connectivity index (χ1) is 9.19. The van der Waals surface area contributed by atoms with Gasteiger partial charge in [0.15, 0.2) is 0 Å². The molecule has 1 heterocycles. The summed E-state index contributed by atoms with van der Waals surface area (Å²) >= 11 is 0. The van der Waals surface area contributed by atoms with Crippen LogP contribution in [0, 0.1) is 11.6 Å². The Morgan fingerprint density at radius 3 is 2.68 bits per heavy atom. The predicted molar refractivity (Wildman–Crippen MR) is 71.0 cm³/mol. The Labute approximate surface area is 110 Å². The van der Waals surface area contributed by atoms with Gasteiger partial charge in [0.05, 0.1) is 0 Å². The zero-order valence-electron chi connectivity index (χ0n) is 10.4. The van der Waals surface area contributed by atoms with E-state index in [-0.39, 0.29) is 0 Å². The van der Waals surface area contributed by atoms with Crippen molar-refractivity contribution in [3.8, 4) is 0 Å². The molecule has 1 aromatic heterocycles. The van der Waals surface area contributed by atoms with Gasteiger partial charge in [0.25, 0.3) is 0 Å². The molecule has 0 spiro atoms. The van der Waals surface area contributed by atoms with Crippen LogP contribution in [-0.2, 0) is 13.0 Å². The summed E-state index contributed by atoms with van der Waals surface area (Å²) in [6.45, 7) is 4.84. The number of imidazole rings is 1. The second kappa shape index (κ2) is 6.13. The zero-order valence-corrected chi connectivity index (χ0v) is 10.4. The molecule has 0 aliphatic heterocycles. The molecule has 3 nitrogen and oxygen atoms in total. The van der Waals surface area contributed by atoms with Gasteiger partial charge < -0.3 is 9.88 Å². The van der Waals surface area contributed by atoms with Gasteiger partial charge in [0.2, 0.25) is 5.95 Å². The molecule has 1 aromatic carbocycles. The molecule has 0 atom stereocenters. The lowest BCUT2D eigenvalue weighted by Crippen LogP contribution is -2.08. The average molecular weight is 263 g/mol. The molecular weight excluding hydrogens is 248 g/mol. The van der Waals surface area contributed by atoms with Crippen LogP contribution in [0.3, 0.4) is 0 Å². The topological polar surface area (TPSA) is 29.9 Å². The van der Waals surface area contributed by atoms with Crippen LogP contribution in [0.2, 0.25) is 0 Å². The van der Waals surface area contributed by atoms with Crippen molar-refractivity contribution in [2.24, 2.45) is 0 Å². The minimum atomic E-state index is -0.550. The van der Waals surface area contributed by atoms with Crippen LogP contribution < -0.4 is 5.32 Å². The smallest absolute Gasteiger partial charge is 0.203 e. The molecule has 0 radical (unpaired) electrons. The maximum Gasteiger partial charge on any atom is 0.203 e. The molecule has 0 unspecified atom stereocenters. The highest BCUT2D eigenvalue weighted by molar-refractivity contribution is 5.27. The van der Waals surface area contributed by atoms with Crippen LogP contribution in [0.25, 0.3) is 0 Å². The molecule has 100 valence electrons. The average Bonchev–Trinajstić information content (AvgIpc) is 2.80. The van der Waals surface area contributed by atoms with Crippen molar-refractivity contribution in [3.63, 3.8) is 0 Å². The fraction of sp³-hybridized carbons (Fsp3) is 0.214. The lowest BCUT2D eigenvalue weighted by atomic mass is 10.1. The molecule has 0 amide bonds. The molecule has 5 heteroatoms. The van der Waals surface area contributed by atoms with Crippen molar-refractivity contribution in [2.45, 2.75) is 13.0 Å². The highest BCUT2D eigenvalue weighted by Gasteiger charge is 2.04. The maximum atomic E-state index is 13.1. The number of rotatable bonds is 6. The Bertz CT molecular complexity index is 543. The SMILES string of the molecule is C=CCNc1nccn1CCc1cc(F)cc(F)c1. The van der Waals surface area contributed by atoms with Crippen molar-refractivity contribution in [1.82, 2.24) is 9.55 Å². The van der Waals surface area contributed by atoms with Gasteiger partial charge >= 0.3 is 0 Å². The fourth-order valence-electron chi connectivity index (χ4n) is 1.83. The van der Waals surface area contributed by atoms with Crippen molar-refractivity contribution in [2.75, 3.05) is 11.9 Å². The first-order valence-electron chi connectivity index (χ1n) is 6.00. The number of nitrogens with one attached hydrogen (secondary N) is 1. The number of nitrogens with zero attached hydrogens (tertiary/aromatic N) is 2. The van der Waals surface area contributed by atoms with Gasteiger partial charge in [-0.25, -0.2) is 13.8 Å². The second-order valence-electron chi connectivity index (χ2n) is 4.14. The quantitative estimate of drug-likeness (QED) is 0.812. The van der Waals surface area contributed by atoms with Crippen LogP contribution in [0.15, 0.2) is 43.2 Å². The summed E-state index contributed by atoms with van der Waals surface area (Å²) < 4.78 is 28.0. The Morgan fingerprint density at radius 1 is 1.26 bits per heavy atom. The van der Waals surface area contributed by atoms with E-state index in [9.17, 15) is 8.78 Å². The van der Waals surface area contributed by atoms with Gasteiger partial charge in [-0.1, -0.05) is 6.08 Å². The number of hydrogen-bond acceptors (Lipinski definition) is 2. The van der Waals surface area contributed by atoms with E-state index in [4.69, 9.17) is 0 Å². The van der Waals surface area contributed by atoms with Gasteiger partial charge in [-0.15, -0.1) is 6.58 Å². The van der Waals surface area contributed by atoms with Gasteiger partial charge in [0.1, 0.15) is 11.6 Å². The maximum absolute atomic E-state index is 13.1. The molecule has 0 aliphatic carbocycles. The number of aryl methyl sites for hydroxylation is 2. The van der Waals surface area contributed by atoms with Gasteiger partial charge in [-0.3, -0.25) is 0 Å². The molecular formula is C14H15F2N3. The summed E-state index contributed by atoms with van der Waals surface area (Å²) in [6.07, 6.45) is 5.77. The summed E-state index contributed by atoms with van der Waals surface area (Å²) in [5.74, 6) is -0.381. The minimum Gasteiger partial charge on any atom is -0.352 e. The molecule has 2 rings (SSSR count). The third-order valence-corrected chi connectivity index (χ3v) is 2.68. The summed E-state index contributed by atoms with van der Waals surface area (Å²) in [6, 6.07) is 3.56. The molecule has 2 aromatic rings. The van der Waals surface area contributed by atoms with Gasteiger partial charge in [-0.05, 0) is 24.1 Å². The van der Waals surface area contributed by atoms with E-state index < -0.39 is 11.6 Å². The molecule has 0 saturated heterocycles. The van der Waals surface area contributed by atoms with Crippen molar-refractivity contribution < 1.29 is 8.78 Å². The van der Waals surface area contributed by atoms with Crippen molar-refractivity contribution >= 4 is 5.95 Å². The van der Waals surface area contributed by atoms with Crippen LogP contribution in [0.5, 0.6) is 0 Å². The fourth-order valence-corrected chi connectivity index (χ4v) is 1.83. The van der Waals surface area contributed by atoms with Crippen molar-refractivity contribution in [1.29, 1.82) is 0 Å². The molecule has 0 saturated carbocycles. The number of benzene rings is 1. The first-order valence-corrected chi connectivity index (χ1v) is 6.00. The highest BCUT2D eigenvalue weighted by Crippen LogP contribution is 2.11. The lowest BCUT2D eigenvalue weighted by Gasteiger charge is -2.08. The van der Waals surface area contributed by atoms with Crippen LogP contribution >= 0.6 is 0 Å². The van der Waals surface area contributed by atoms with Crippen LogP contribution in [0.1, 0.15) is 5.56 Å².